The van der Waals surface area contributed by atoms with Crippen molar-refractivity contribution in [2.45, 2.75) is 43.6 Å². The highest BCUT2D eigenvalue weighted by Crippen LogP contribution is 2.35. The number of hydrogen-bond acceptors (Lipinski definition) is 11. The summed E-state index contributed by atoms with van der Waals surface area (Å²) in [5.41, 5.74) is 3.27. The standard InChI is InChI=1S/C32H38N10O3/c43-24-19-45-31(26(24)44)42-29-25(37-30(42)28-35-20-36-40-28)27(38-32(39-29)33-14-17-41-15-8-3-9-16-41)34-18-23(21-10-4-1-5-11-21)22-12-6-2-7-13-22/h1-2,4-7,10-13,20,23-24,26,31,43-44H,3,8-9,14-19H2,(H,35,36,40)(H2,33,34,38,39)/t24-,26+,31+/m0/s1. The predicted octanol–water partition coefficient (Wildman–Crippen LogP) is 3.00. The summed E-state index contributed by atoms with van der Waals surface area (Å²) >= 11 is 0. The number of aliphatic hydroxyl groups is 2. The fourth-order valence-electron chi connectivity index (χ4n) is 6.22. The van der Waals surface area contributed by atoms with E-state index in [1.54, 1.807) is 4.57 Å². The molecule has 2 aromatic carbocycles. The first kappa shape index (κ1) is 29.3. The largest absolute Gasteiger partial charge is 0.388 e. The Labute approximate surface area is 260 Å². The molecule has 0 radical (unpaired) electrons. The van der Waals surface area contributed by atoms with Gasteiger partial charge in [0.2, 0.25) is 5.95 Å². The van der Waals surface area contributed by atoms with Gasteiger partial charge in [0.25, 0.3) is 0 Å². The van der Waals surface area contributed by atoms with Crippen molar-refractivity contribution in [2.24, 2.45) is 0 Å². The van der Waals surface area contributed by atoms with Gasteiger partial charge >= 0.3 is 0 Å². The number of imidazole rings is 1. The lowest BCUT2D eigenvalue weighted by molar-refractivity contribution is -0.0153. The molecule has 0 aliphatic carbocycles. The van der Waals surface area contributed by atoms with E-state index in [1.807, 2.05) is 36.4 Å². The summed E-state index contributed by atoms with van der Waals surface area (Å²) in [4.78, 5) is 21.5. The molecule has 0 spiro atoms. The molecule has 5 aromatic rings. The van der Waals surface area contributed by atoms with Gasteiger partial charge in [-0.15, -0.1) is 0 Å². The Kier molecular flexibility index (Phi) is 8.65. The number of hydrogen-bond donors (Lipinski definition) is 5. The molecule has 0 amide bonds. The van der Waals surface area contributed by atoms with E-state index >= 15 is 0 Å². The van der Waals surface area contributed by atoms with Crippen LogP contribution >= 0.6 is 0 Å². The summed E-state index contributed by atoms with van der Waals surface area (Å²) in [6, 6.07) is 20.7. The topological polar surface area (TPSA) is 162 Å². The minimum absolute atomic E-state index is 0.0195. The van der Waals surface area contributed by atoms with Crippen LogP contribution in [0, 0.1) is 0 Å². The molecule has 0 bridgehead atoms. The number of aromatic nitrogens is 7. The van der Waals surface area contributed by atoms with Crippen LogP contribution in [0.5, 0.6) is 0 Å². The Morgan fingerprint density at radius 1 is 0.911 bits per heavy atom. The minimum Gasteiger partial charge on any atom is -0.388 e. The molecule has 0 saturated carbocycles. The van der Waals surface area contributed by atoms with E-state index in [2.05, 4.69) is 55.0 Å². The van der Waals surface area contributed by atoms with Crippen molar-refractivity contribution in [3.05, 3.63) is 78.1 Å². The van der Waals surface area contributed by atoms with Gasteiger partial charge in [-0.2, -0.15) is 15.1 Å². The smallest absolute Gasteiger partial charge is 0.226 e. The number of anilines is 2. The number of nitrogens with one attached hydrogen (secondary N) is 3. The number of aliphatic hydroxyl groups excluding tert-OH is 2. The first-order valence-corrected chi connectivity index (χ1v) is 15.6. The molecule has 2 saturated heterocycles. The number of ether oxygens (including phenoxy) is 1. The molecule has 13 heteroatoms. The number of likely N-dealkylation sites (tertiary alicyclic amines) is 1. The zero-order valence-corrected chi connectivity index (χ0v) is 25.0. The molecular formula is C32H38N10O3. The third kappa shape index (κ3) is 6.25. The molecule has 234 valence electrons. The Morgan fingerprint density at radius 2 is 1.64 bits per heavy atom. The number of nitrogens with zero attached hydrogens (tertiary/aromatic N) is 7. The Bertz CT molecular complexity index is 1640. The molecule has 2 aliphatic heterocycles. The van der Waals surface area contributed by atoms with Gasteiger partial charge in [-0.3, -0.25) is 9.67 Å². The van der Waals surface area contributed by atoms with Crippen molar-refractivity contribution in [3.8, 4) is 11.6 Å². The van der Waals surface area contributed by atoms with Crippen molar-refractivity contribution < 1.29 is 14.9 Å². The van der Waals surface area contributed by atoms with Crippen LogP contribution in [0.25, 0.3) is 22.8 Å². The third-order valence-electron chi connectivity index (χ3n) is 8.58. The summed E-state index contributed by atoms with van der Waals surface area (Å²) in [5.74, 6) is 1.74. The number of fused-ring (bicyclic) bond motifs is 1. The molecule has 3 aromatic heterocycles. The predicted molar refractivity (Wildman–Crippen MR) is 170 cm³/mol. The summed E-state index contributed by atoms with van der Waals surface area (Å²) in [7, 11) is 0. The molecule has 0 unspecified atom stereocenters. The molecule has 2 fully saturated rings. The van der Waals surface area contributed by atoms with Crippen LogP contribution in [0.2, 0.25) is 0 Å². The summed E-state index contributed by atoms with van der Waals surface area (Å²) < 4.78 is 7.55. The van der Waals surface area contributed by atoms with Crippen LogP contribution < -0.4 is 10.6 Å². The van der Waals surface area contributed by atoms with E-state index in [0.29, 0.717) is 47.7 Å². The van der Waals surface area contributed by atoms with Gasteiger partial charge in [0.1, 0.15) is 18.5 Å². The molecule has 5 heterocycles. The van der Waals surface area contributed by atoms with Crippen molar-refractivity contribution >= 4 is 22.9 Å². The number of rotatable bonds is 11. The van der Waals surface area contributed by atoms with E-state index in [-0.39, 0.29) is 12.5 Å². The molecule has 7 rings (SSSR count). The van der Waals surface area contributed by atoms with Gasteiger partial charge in [0.05, 0.1) is 6.61 Å². The van der Waals surface area contributed by atoms with E-state index in [0.717, 1.165) is 19.6 Å². The zero-order valence-electron chi connectivity index (χ0n) is 25.0. The highest BCUT2D eigenvalue weighted by molar-refractivity contribution is 5.87. The van der Waals surface area contributed by atoms with Gasteiger partial charge in [0, 0.05) is 25.6 Å². The number of H-pyrrole nitrogens is 1. The maximum absolute atomic E-state index is 10.9. The Morgan fingerprint density at radius 3 is 2.29 bits per heavy atom. The van der Waals surface area contributed by atoms with Crippen LogP contribution in [-0.4, -0.2) is 101 Å². The molecule has 45 heavy (non-hydrogen) atoms. The van der Waals surface area contributed by atoms with Crippen molar-refractivity contribution in [1.82, 2.24) is 39.6 Å². The van der Waals surface area contributed by atoms with E-state index < -0.39 is 18.4 Å². The molecule has 13 nitrogen and oxygen atoms in total. The molecule has 2 aliphatic rings. The summed E-state index contributed by atoms with van der Waals surface area (Å²) in [6.45, 7) is 4.27. The fourth-order valence-corrected chi connectivity index (χ4v) is 6.22. The summed E-state index contributed by atoms with van der Waals surface area (Å²) in [6.07, 6.45) is 1.95. The van der Waals surface area contributed by atoms with Crippen LogP contribution in [-0.2, 0) is 4.74 Å². The number of benzene rings is 2. The fraction of sp³-hybridized carbons (Fsp3) is 0.406. The van der Waals surface area contributed by atoms with Gasteiger partial charge in [-0.25, -0.2) is 9.97 Å². The lowest BCUT2D eigenvalue weighted by Gasteiger charge is -2.26. The monoisotopic (exact) mass is 610 g/mol. The van der Waals surface area contributed by atoms with E-state index in [1.165, 1.54) is 36.7 Å². The van der Waals surface area contributed by atoms with Gasteiger partial charge in [-0.1, -0.05) is 67.1 Å². The van der Waals surface area contributed by atoms with Crippen molar-refractivity contribution in [1.29, 1.82) is 0 Å². The van der Waals surface area contributed by atoms with E-state index in [9.17, 15) is 10.2 Å². The average Bonchev–Trinajstić information content (AvgIpc) is 3.82. The van der Waals surface area contributed by atoms with Crippen LogP contribution in [0.3, 0.4) is 0 Å². The molecular weight excluding hydrogens is 572 g/mol. The Hall–Kier alpha value is -4.43. The Balaban J connectivity index is 1.28. The molecule has 5 N–H and O–H groups in total. The number of piperidine rings is 1. The van der Waals surface area contributed by atoms with Crippen molar-refractivity contribution in [3.63, 3.8) is 0 Å². The lowest BCUT2D eigenvalue weighted by atomic mass is 9.91. The quantitative estimate of drug-likeness (QED) is 0.149. The highest BCUT2D eigenvalue weighted by Gasteiger charge is 2.39. The minimum atomic E-state index is -1.19. The lowest BCUT2D eigenvalue weighted by Crippen LogP contribution is -2.34. The number of aromatic amines is 1. The third-order valence-corrected chi connectivity index (χ3v) is 8.58. The maximum Gasteiger partial charge on any atom is 0.226 e. The van der Waals surface area contributed by atoms with Gasteiger partial charge < -0.3 is 30.5 Å². The van der Waals surface area contributed by atoms with Gasteiger partial charge in [-0.05, 0) is 37.1 Å². The van der Waals surface area contributed by atoms with Crippen molar-refractivity contribution in [2.75, 3.05) is 50.0 Å². The first-order valence-electron chi connectivity index (χ1n) is 15.6. The van der Waals surface area contributed by atoms with Crippen LogP contribution in [0.4, 0.5) is 11.8 Å². The van der Waals surface area contributed by atoms with E-state index in [4.69, 9.17) is 19.7 Å². The summed E-state index contributed by atoms with van der Waals surface area (Å²) in [5, 5.41) is 35.2. The maximum atomic E-state index is 10.9. The second-order valence-corrected chi connectivity index (χ2v) is 11.6. The molecule has 3 atom stereocenters. The second-order valence-electron chi connectivity index (χ2n) is 11.6. The van der Waals surface area contributed by atoms with Crippen LogP contribution in [0.1, 0.15) is 42.5 Å². The first-order chi connectivity index (χ1) is 22.2. The van der Waals surface area contributed by atoms with Gasteiger partial charge in [0.15, 0.2) is 34.9 Å². The highest BCUT2D eigenvalue weighted by atomic mass is 16.5. The average molecular weight is 611 g/mol. The normalized spacial score (nSPS) is 20.6. The second kappa shape index (κ2) is 13.3. The zero-order chi connectivity index (χ0) is 30.6. The van der Waals surface area contributed by atoms with Crippen LogP contribution in [0.15, 0.2) is 67.0 Å². The SMILES string of the molecule is O[C@H]1[C@H](n2c(-c3ncn[nH]3)nc3c(NCC(c4ccccc4)c4ccccc4)nc(NCCN4CCCCC4)nc32)OC[C@@H]1O.